The van der Waals surface area contributed by atoms with Gasteiger partial charge in [-0.25, -0.2) is 0 Å². The number of non-ortho nitro benzene ring substituents is 1. The molecule has 2 aliphatic rings. The molecule has 0 amide bonds. The topological polar surface area (TPSA) is 55.6 Å². The van der Waals surface area contributed by atoms with Crippen LogP contribution in [-0.4, -0.2) is 10.6 Å². The SMILES string of the molecule is CC1(C)c2cc(/C=C\c3ccc(/C=C/c4ccccc4)cc3)ccc2N2Cc3cc([N+](=O)[O-])ccc3OC21C. The highest BCUT2D eigenvalue weighted by atomic mass is 16.6. The van der Waals surface area contributed by atoms with Gasteiger partial charge in [-0.15, -0.1) is 0 Å². The molecular formula is C34H30N2O3. The zero-order valence-corrected chi connectivity index (χ0v) is 22.3. The van der Waals surface area contributed by atoms with Crippen molar-refractivity contribution in [1.29, 1.82) is 0 Å². The molecule has 1 atom stereocenters. The fraction of sp³-hybridized carbons (Fsp3) is 0.176. The molecule has 0 saturated heterocycles. The van der Waals surface area contributed by atoms with E-state index in [9.17, 15) is 10.1 Å². The molecule has 0 aromatic heterocycles. The number of hydrogen-bond acceptors (Lipinski definition) is 4. The van der Waals surface area contributed by atoms with Gasteiger partial charge >= 0.3 is 0 Å². The standard InChI is InChI=1S/C34H30N2O3/c1-33(2)30-21-27(16-15-26-13-11-25(12-14-26)10-9-24-7-5-4-6-8-24)17-19-31(30)35-23-28-22-29(36(37)38)18-20-32(28)39-34(33,35)3/h4-22H,23H2,1-3H3/b10-9+,16-15-. The number of ether oxygens (including phenoxy) is 1. The summed E-state index contributed by atoms with van der Waals surface area (Å²) in [6.45, 7) is 7.08. The number of nitro benzene ring substituents is 1. The van der Waals surface area contributed by atoms with Gasteiger partial charge in [0.2, 0.25) is 0 Å². The lowest BCUT2D eigenvalue weighted by molar-refractivity contribution is -0.385. The minimum atomic E-state index is -0.607. The van der Waals surface area contributed by atoms with Crippen LogP contribution in [0.1, 0.15) is 54.2 Å². The number of fused-ring (bicyclic) bond motifs is 4. The van der Waals surface area contributed by atoms with Crippen LogP contribution < -0.4 is 9.64 Å². The van der Waals surface area contributed by atoms with Crippen LogP contribution in [0.3, 0.4) is 0 Å². The normalized spacial score (nSPS) is 19.0. The fourth-order valence-corrected chi connectivity index (χ4v) is 5.58. The Bertz CT molecular complexity index is 1620. The minimum absolute atomic E-state index is 0.0837. The van der Waals surface area contributed by atoms with E-state index < -0.39 is 5.72 Å². The predicted octanol–water partition coefficient (Wildman–Crippen LogP) is 8.34. The second-order valence-corrected chi connectivity index (χ2v) is 10.9. The molecule has 0 spiro atoms. The molecule has 0 bridgehead atoms. The molecule has 1 unspecified atom stereocenters. The van der Waals surface area contributed by atoms with E-state index in [0.717, 1.165) is 27.9 Å². The Balaban J connectivity index is 1.24. The van der Waals surface area contributed by atoms with Crippen molar-refractivity contribution in [2.75, 3.05) is 4.90 Å². The van der Waals surface area contributed by atoms with Gasteiger partial charge < -0.3 is 9.64 Å². The van der Waals surface area contributed by atoms with Crippen LogP contribution in [0.15, 0.2) is 91.0 Å². The van der Waals surface area contributed by atoms with Crippen LogP contribution in [0.4, 0.5) is 11.4 Å². The second kappa shape index (κ2) is 9.28. The van der Waals surface area contributed by atoms with Crippen LogP contribution >= 0.6 is 0 Å². The first kappa shape index (κ1) is 24.7. The number of nitro groups is 1. The summed E-state index contributed by atoms with van der Waals surface area (Å²) in [6.07, 6.45) is 8.52. The summed E-state index contributed by atoms with van der Waals surface area (Å²) in [5.41, 5.74) is 6.90. The van der Waals surface area contributed by atoms with Crippen LogP contribution in [0.5, 0.6) is 5.75 Å². The Morgan fingerprint density at radius 3 is 2.00 bits per heavy atom. The van der Waals surface area contributed by atoms with Crippen molar-refractivity contribution in [1.82, 2.24) is 0 Å². The first-order valence-electron chi connectivity index (χ1n) is 13.1. The molecule has 5 nitrogen and oxygen atoms in total. The van der Waals surface area contributed by atoms with Crippen molar-refractivity contribution in [2.24, 2.45) is 0 Å². The molecule has 4 aromatic carbocycles. The van der Waals surface area contributed by atoms with E-state index in [2.05, 4.69) is 105 Å². The quantitative estimate of drug-likeness (QED) is 0.153. The molecule has 5 heteroatoms. The molecule has 0 radical (unpaired) electrons. The molecule has 2 aliphatic heterocycles. The highest BCUT2D eigenvalue weighted by molar-refractivity contribution is 5.76. The zero-order chi connectivity index (χ0) is 27.2. The van der Waals surface area contributed by atoms with Crippen LogP contribution in [0, 0.1) is 10.1 Å². The van der Waals surface area contributed by atoms with Gasteiger partial charge in [-0.3, -0.25) is 10.1 Å². The smallest absolute Gasteiger partial charge is 0.270 e. The van der Waals surface area contributed by atoms with Crippen molar-refractivity contribution in [2.45, 2.75) is 38.5 Å². The summed E-state index contributed by atoms with van der Waals surface area (Å²) in [7, 11) is 0. The molecule has 0 fully saturated rings. The first-order valence-corrected chi connectivity index (χ1v) is 13.1. The van der Waals surface area contributed by atoms with Crippen molar-refractivity contribution in [3.8, 4) is 5.75 Å². The number of anilines is 1. The number of benzene rings is 4. The van der Waals surface area contributed by atoms with Gasteiger partial charge in [0, 0.05) is 23.4 Å². The van der Waals surface area contributed by atoms with E-state index in [1.165, 1.54) is 17.2 Å². The molecule has 0 saturated carbocycles. The lowest BCUT2D eigenvalue weighted by Crippen LogP contribution is -2.59. The highest BCUT2D eigenvalue weighted by Crippen LogP contribution is 2.55. The fourth-order valence-electron chi connectivity index (χ4n) is 5.58. The Hall–Kier alpha value is -4.64. The average molecular weight is 515 g/mol. The third-order valence-electron chi connectivity index (χ3n) is 8.22. The summed E-state index contributed by atoms with van der Waals surface area (Å²) in [5.74, 6) is 0.711. The maximum absolute atomic E-state index is 11.3. The summed E-state index contributed by atoms with van der Waals surface area (Å²) in [5, 5.41) is 11.3. The van der Waals surface area contributed by atoms with Gasteiger partial charge in [0.25, 0.3) is 5.69 Å². The summed E-state index contributed by atoms with van der Waals surface area (Å²) < 4.78 is 6.58. The predicted molar refractivity (Wildman–Crippen MR) is 159 cm³/mol. The van der Waals surface area contributed by atoms with Crippen molar-refractivity contribution in [3.05, 3.63) is 134 Å². The minimum Gasteiger partial charge on any atom is -0.467 e. The van der Waals surface area contributed by atoms with E-state index in [1.54, 1.807) is 12.1 Å². The maximum atomic E-state index is 11.3. The molecule has 39 heavy (non-hydrogen) atoms. The Labute approximate surface area is 228 Å². The summed E-state index contributed by atoms with van der Waals surface area (Å²) >= 11 is 0. The van der Waals surface area contributed by atoms with Gasteiger partial charge in [0.05, 0.1) is 16.9 Å². The zero-order valence-electron chi connectivity index (χ0n) is 22.3. The van der Waals surface area contributed by atoms with Gasteiger partial charge in [-0.1, -0.05) is 85.0 Å². The van der Waals surface area contributed by atoms with Crippen molar-refractivity contribution < 1.29 is 9.66 Å². The van der Waals surface area contributed by atoms with E-state index in [-0.39, 0.29) is 16.0 Å². The largest absolute Gasteiger partial charge is 0.467 e. The lowest BCUT2D eigenvalue weighted by atomic mass is 9.77. The van der Waals surface area contributed by atoms with E-state index >= 15 is 0 Å². The Kier molecular flexibility index (Phi) is 5.87. The summed E-state index contributed by atoms with van der Waals surface area (Å²) in [4.78, 5) is 13.2. The first-order chi connectivity index (χ1) is 18.7. The molecule has 2 heterocycles. The number of rotatable bonds is 5. The Morgan fingerprint density at radius 1 is 0.769 bits per heavy atom. The van der Waals surface area contributed by atoms with E-state index in [1.807, 2.05) is 18.2 Å². The van der Waals surface area contributed by atoms with Gasteiger partial charge in [-0.2, -0.15) is 0 Å². The van der Waals surface area contributed by atoms with Gasteiger partial charge in [0.1, 0.15) is 5.75 Å². The monoisotopic (exact) mass is 514 g/mol. The molecule has 4 aromatic rings. The van der Waals surface area contributed by atoms with E-state index in [4.69, 9.17) is 4.74 Å². The number of hydrogen-bond donors (Lipinski definition) is 0. The summed E-state index contributed by atoms with van der Waals surface area (Å²) in [6, 6.07) is 30.2. The van der Waals surface area contributed by atoms with Crippen LogP contribution in [0.25, 0.3) is 24.3 Å². The highest BCUT2D eigenvalue weighted by Gasteiger charge is 2.58. The average Bonchev–Trinajstić information content (AvgIpc) is 3.11. The van der Waals surface area contributed by atoms with E-state index in [0.29, 0.717) is 12.3 Å². The Morgan fingerprint density at radius 2 is 1.36 bits per heavy atom. The second-order valence-electron chi connectivity index (χ2n) is 10.9. The van der Waals surface area contributed by atoms with Crippen LogP contribution in [-0.2, 0) is 12.0 Å². The molecule has 0 aliphatic carbocycles. The molecule has 6 rings (SSSR count). The van der Waals surface area contributed by atoms with Crippen molar-refractivity contribution in [3.63, 3.8) is 0 Å². The lowest BCUT2D eigenvalue weighted by Gasteiger charge is -2.48. The van der Waals surface area contributed by atoms with Gasteiger partial charge in [-0.05, 0) is 66.8 Å². The van der Waals surface area contributed by atoms with Crippen molar-refractivity contribution >= 4 is 35.7 Å². The molecular weight excluding hydrogens is 484 g/mol. The molecule has 194 valence electrons. The maximum Gasteiger partial charge on any atom is 0.270 e. The van der Waals surface area contributed by atoms with Gasteiger partial charge in [0.15, 0.2) is 5.72 Å². The third-order valence-corrected chi connectivity index (χ3v) is 8.22. The number of nitrogens with zero attached hydrogens (tertiary/aromatic N) is 2. The third kappa shape index (κ3) is 4.30. The van der Waals surface area contributed by atoms with Crippen LogP contribution in [0.2, 0.25) is 0 Å². The molecule has 0 N–H and O–H groups in total.